The van der Waals surface area contributed by atoms with Crippen LogP contribution in [-0.2, 0) is 29.6 Å². The van der Waals surface area contributed by atoms with Gasteiger partial charge < -0.3 is 23.5 Å². The lowest BCUT2D eigenvalue weighted by molar-refractivity contribution is -0.724. The van der Waals surface area contributed by atoms with Crippen molar-refractivity contribution < 1.29 is 53.8 Å². The van der Waals surface area contributed by atoms with E-state index in [1.54, 1.807) is 60.6 Å². The topological polar surface area (TPSA) is 163 Å². The molecular formula is C34H47N2O11S2+. The maximum absolute atomic E-state index is 14.8. The quantitative estimate of drug-likeness (QED) is 0.163. The third-order valence-electron chi connectivity index (χ3n) is 6.98. The van der Waals surface area contributed by atoms with E-state index < -0.39 is 63.8 Å². The van der Waals surface area contributed by atoms with Crippen LogP contribution in [0.4, 0.5) is 9.59 Å². The van der Waals surface area contributed by atoms with E-state index in [1.165, 1.54) is 48.4 Å². The molecular weight excluding hydrogens is 677 g/mol. The van der Waals surface area contributed by atoms with E-state index in [0.717, 1.165) is 12.1 Å². The molecule has 1 N–H and O–H groups in total. The number of aliphatic hydroxyl groups is 1. The molecule has 0 aliphatic carbocycles. The fraction of sp³-hybridized carbons (Fsp3) is 0.471. The van der Waals surface area contributed by atoms with Crippen LogP contribution in [0.5, 0.6) is 11.5 Å². The lowest BCUT2D eigenvalue weighted by atomic mass is 10.1. The highest BCUT2D eigenvalue weighted by molar-refractivity contribution is 7.90. The number of hydrogen-bond donors (Lipinski definition) is 1. The SMILES string of the molecule is CC[N+](CC1=CCN(C(=O)OC(C)(C)C)C=C1)(C(=O)OC(C)(C)C)S(=O)(=O)c1ccccc1S(=O)(=O)Oc1cc(C)cc(OCCCO)c1. The third kappa shape index (κ3) is 10.1. The van der Waals surface area contributed by atoms with Crippen LogP contribution in [0.2, 0.25) is 0 Å². The molecule has 0 saturated heterocycles. The predicted octanol–water partition coefficient (Wildman–Crippen LogP) is 5.68. The molecule has 0 bridgehead atoms. The highest BCUT2D eigenvalue weighted by atomic mass is 32.2. The summed E-state index contributed by atoms with van der Waals surface area (Å²) in [4.78, 5) is 26.5. The summed E-state index contributed by atoms with van der Waals surface area (Å²) in [5.74, 6) is 0.173. The minimum absolute atomic E-state index is 0.0415. The molecule has 2 amide bonds. The van der Waals surface area contributed by atoms with Crippen LogP contribution in [0.1, 0.15) is 60.5 Å². The Kier molecular flexibility index (Phi) is 12.4. The second-order valence-electron chi connectivity index (χ2n) is 13.4. The van der Waals surface area contributed by atoms with E-state index in [2.05, 4.69) is 0 Å². The van der Waals surface area contributed by atoms with E-state index in [4.69, 9.17) is 23.5 Å². The molecule has 1 aliphatic rings. The zero-order valence-electron chi connectivity index (χ0n) is 29.3. The number of aryl methyl sites for hydroxylation is 1. The summed E-state index contributed by atoms with van der Waals surface area (Å²) in [7, 11) is -9.70. The Balaban J connectivity index is 2.08. The number of sulfonamides is 1. The Labute approximate surface area is 289 Å². The molecule has 1 aliphatic heterocycles. The molecule has 0 aromatic heterocycles. The number of aliphatic hydroxyl groups excluding tert-OH is 1. The summed E-state index contributed by atoms with van der Waals surface area (Å²) in [5, 5.41) is 9.06. The summed E-state index contributed by atoms with van der Waals surface area (Å²) >= 11 is 0. The van der Waals surface area contributed by atoms with E-state index in [-0.39, 0.29) is 32.1 Å². The van der Waals surface area contributed by atoms with Gasteiger partial charge in [-0.15, -0.1) is 3.89 Å². The molecule has 3 rings (SSSR count). The number of carbonyl (C=O) groups excluding carboxylic acids is 2. The van der Waals surface area contributed by atoms with Crippen LogP contribution in [0, 0.1) is 6.92 Å². The predicted molar refractivity (Wildman–Crippen MR) is 182 cm³/mol. The third-order valence-corrected chi connectivity index (χ3v) is 10.8. The van der Waals surface area contributed by atoms with Crippen LogP contribution in [0.25, 0.3) is 0 Å². The second kappa shape index (κ2) is 15.3. The number of nitrogens with zero attached hydrogens (tertiary/aromatic N) is 2. The van der Waals surface area contributed by atoms with Crippen molar-refractivity contribution in [1.82, 2.24) is 4.90 Å². The number of amides is 2. The first-order chi connectivity index (χ1) is 22.6. The van der Waals surface area contributed by atoms with Gasteiger partial charge in [0.2, 0.25) is 0 Å². The van der Waals surface area contributed by atoms with Gasteiger partial charge in [0.25, 0.3) is 0 Å². The van der Waals surface area contributed by atoms with Crippen molar-refractivity contribution in [2.45, 2.75) is 82.8 Å². The zero-order valence-corrected chi connectivity index (χ0v) is 30.9. The monoisotopic (exact) mass is 723 g/mol. The van der Waals surface area contributed by atoms with Crippen molar-refractivity contribution in [3.63, 3.8) is 0 Å². The molecule has 49 heavy (non-hydrogen) atoms. The number of rotatable bonds is 12. The standard InChI is InChI=1S/C34H47N2O11S2/c1-9-36(32(39)46-34(6,7)8,24-26-15-17-35(18-16-26)31(38)45-33(3,4)5)48(40,41)29-13-10-11-14-30(29)49(42,43)47-28-22-25(2)21-27(23-28)44-20-12-19-37/h10-11,13-17,21-23,37H,9,12,18-20,24H2,1-8H3/q+1. The lowest BCUT2D eigenvalue weighted by Gasteiger charge is -2.35. The van der Waals surface area contributed by atoms with Gasteiger partial charge in [-0.05, 0) is 91.3 Å². The number of carbonyl (C=O) groups is 2. The van der Waals surface area contributed by atoms with E-state index >= 15 is 0 Å². The molecule has 0 radical (unpaired) electrons. The van der Waals surface area contributed by atoms with Gasteiger partial charge in [0.1, 0.15) is 45.6 Å². The van der Waals surface area contributed by atoms with Crippen LogP contribution in [0.15, 0.2) is 76.2 Å². The largest absolute Gasteiger partial charge is 0.532 e. The summed E-state index contributed by atoms with van der Waals surface area (Å²) in [6, 6.07) is 9.34. The second-order valence-corrected chi connectivity index (χ2v) is 17.0. The van der Waals surface area contributed by atoms with Crippen molar-refractivity contribution in [3.8, 4) is 11.5 Å². The minimum atomic E-state index is -4.90. The van der Waals surface area contributed by atoms with E-state index in [0.29, 0.717) is 23.3 Å². The molecule has 2 aromatic rings. The normalized spacial score (nSPS) is 15.2. The van der Waals surface area contributed by atoms with Crippen molar-refractivity contribution in [1.29, 1.82) is 0 Å². The zero-order chi connectivity index (χ0) is 36.8. The first kappa shape index (κ1) is 39.5. The maximum Gasteiger partial charge on any atom is 0.532 e. The van der Waals surface area contributed by atoms with Gasteiger partial charge in [-0.1, -0.05) is 18.2 Å². The first-order valence-corrected chi connectivity index (χ1v) is 18.6. The molecule has 13 nitrogen and oxygen atoms in total. The highest BCUT2D eigenvalue weighted by Crippen LogP contribution is 2.35. The fourth-order valence-electron chi connectivity index (χ4n) is 4.73. The van der Waals surface area contributed by atoms with Gasteiger partial charge >= 0.3 is 32.3 Å². The van der Waals surface area contributed by atoms with E-state index in [1.807, 2.05) is 0 Å². The molecule has 0 saturated carbocycles. The molecule has 1 atom stereocenters. The van der Waals surface area contributed by atoms with Crippen LogP contribution in [0.3, 0.4) is 0 Å². The molecule has 0 spiro atoms. The molecule has 1 heterocycles. The van der Waals surface area contributed by atoms with Crippen LogP contribution in [-0.4, -0.2) is 87.0 Å². The van der Waals surface area contributed by atoms with Crippen molar-refractivity contribution in [2.75, 3.05) is 32.8 Å². The maximum atomic E-state index is 14.8. The van der Waals surface area contributed by atoms with Gasteiger partial charge in [-0.25, -0.2) is 4.79 Å². The summed E-state index contributed by atoms with van der Waals surface area (Å²) < 4.78 is 77.9. The first-order valence-electron chi connectivity index (χ1n) is 15.8. The summed E-state index contributed by atoms with van der Waals surface area (Å²) in [6.45, 7) is 12.5. The Morgan fingerprint density at radius 2 is 1.53 bits per heavy atom. The Morgan fingerprint density at radius 3 is 2.08 bits per heavy atom. The van der Waals surface area contributed by atoms with Gasteiger partial charge in [0.15, 0.2) is 0 Å². The van der Waals surface area contributed by atoms with Crippen molar-refractivity contribution >= 4 is 32.3 Å². The molecule has 15 heteroatoms. The number of likely N-dealkylation sites (N-methyl/N-ethyl adjacent to an activating group) is 1. The average Bonchev–Trinajstić information content (AvgIpc) is 2.98. The van der Waals surface area contributed by atoms with Crippen LogP contribution < -0.4 is 8.92 Å². The molecule has 1 unspecified atom stereocenters. The number of ether oxygens (including phenoxy) is 3. The number of hydrogen-bond acceptors (Lipinski definition) is 11. The lowest BCUT2D eigenvalue weighted by Crippen LogP contribution is -2.59. The Hall–Kier alpha value is -3.92. The van der Waals surface area contributed by atoms with Gasteiger partial charge in [0, 0.05) is 37.4 Å². The van der Waals surface area contributed by atoms with Gasteiger partial charge in [-0.3, -0.25) is 4.90 Å². The highest BCUT2D eigenvalue weighted by Gasteiger charge is 2.54. The summed E-state index contributed by atoms with van der Waals surface area (Å²) in [6.07, 6.45) is 3.17. The van der Waals surface area contributed by atoms with Crippen molar-refractivity contribution in [2.24, 2.45) is 0 Å². The molecule has 2 aromatic carbocycles. The van der Waals surface area contributed by atoms with Gasteiger partial charge in [0.05, 0.1) is 6.61 Å². The smallest absolute Gasteiger partial charge is 0.493 e. The van der Waals surface area contributed by atoms with Crippen LogP contribution >= 0.6 is 0 Å². The summed E-state index contributed by atoms with van der Waals surface area (Å²) in [5.41, 5.74) is -0.826. The van der Waals surface area contributed by atoms with Crippen molar-refractivity contribution in [3.05, 3.63) is 72.0 Å². The van der Waals surface area contributed by atoms with Gasteiger partial charge in [-0.2, -0.15) is 21.6 Å². The Morgan fingerprint density at radius 1 is 0.918 bits per heavy atom. The average molecular weight is 724 g/mol. The fourth-order valence-corrected chi connectivity index (χ4v) is 8.19. The minimum Gasteiger partial charge on any atom is -0.493 e. The molecule has 0 fully saturated rings. The number of quaternary nitrogens is 1. The Bertz CT molecular complexity index is 1810. The van der Waals surface area contributed by atoms with E-state index in [9.17, 15) is 26.4 Å². The molecule has 270 valence electrons. The number of benzene rings is 2.